The van der Waals surface area contributed by atoms with Crippen LogP contribution in [0.1, 0.15) is 94.3 Å². The molecule has 4 aromatic carbocycles. The Morgan fingerprint density at radius 2 is 1.38 bits per heavy atom. The van der Waals surface area contributed by atoms with Gasteiger partial charge in [-0.15, -0.1) is 10.2 Å². The summed E-state index contributed by atoms with van der Waals surface area (Å²) in [7, 11) is 0. The highest BCUT2D eigenvalue weighted by molar-refractivity contribution is 6.40. The number of esters is 1. The lowest BCUT2D eigenvalue weighted by atomic mass is 10.1. The SMILES string of the molecule is CCCCCCCCCCCCCCOC(=O)c1ccc(Cl)c(Nc2[nH]n(-c3c(Cl)cc(Cl)cc3Cl)c(=O)c2N=Nc2cccc3ccccc23)c1. The Kier molecular flexibility index (Phi) is 15.0. The molecule has 0 spiro atoms. The first-order chi connectivity index (χ1) is 25.3. The number of azo groups is 1. The predicted octanol–water partition coefficient (Wildman–Crippen LogP) is 13.9. The minimum Gasteiger partial charge on any atom is -0.462 e. The van der Waals surface area contributed by atoms with E-state index in [1.165, 1.54) is 69.9 Å². The fraction of sp³-hybridized carbons (Fsp3) is 0.350. The summed E-state index contributed by atoms with van der Waals surface area (Å²) in [6.07, 6.45) is 14.7. The van der Waals surface area contributed by atoms with E-state index in [2.05, 4.69) is 27.6 Å². The molecule has 0 aliphatic carbocycles. The van der Waals surface area contributed by atoms with Crippen LogP contribution in [-0.4, -0.2) is 22.4 Å². The second kappa shape index (κ2) is 19.9. The third kappa shape index (κ3) is 10.6. The van der Waals surface area contributed by atoms with Gasteiger partial charge in [0.1, 0.15) is 5.69 Å². The van der Waals surface area contributed by atoms with E-state index < -0.39 is 11.5 Å². The second-order valence-corrected chi connectivity index (χ2v) is 14.4. The summed E-state index contributed by atoms with van der Waals surface area (Å²) >= 11 is 25.7. The molecule has 0 amide bonds. The lowest BCUT2D eigenvalue weighted by Crippen LogP contribution is -2.15. The minimum absolute atomic E-state index is 0.0777. The van der Waals surface area contributed by atoms with Gasteiger partial charge in [0.15, 0.2) is 11.5 Å². The monoisotopic (exact) mass is 781 g/mol. The summed E-state index contributed by atoms with van der Waals surface area (Å²) in [5.74, 6) is -0.329. The third-order valence-electron chi connectivity index (χ3n) is 8.79. The number of unbranched alkanes of at least 4 members (excludes halogenated alkanes) is 11. The molecule has 5 rings (SSSR count). The Hall–Kier alpha value is -3.82. The Bertz CT molecular complexity index is 2030. The number of hydrogen-bond donors (Lipinski definition) is 2. The first-order valence-electron chi connectivity index (χ1n) is 17.9. The van der Waals surface area contributed by atoms with E-state index in [1.54, 1.807) is 24.3 Å². The number of anilines is 2. The maximum Gasteiger partial charge on any atom is 0.338 e. The van der Waals surface area contributed by atoms with E-state index in [9.17, 15) is 9.59 Å². The van der Waals surface area contributed by atoms with Crippen molar-refractivity contribution in [1.82, 2.24) is 9.78 Å². The molecule has 0 saturated carbocycles. The van der Waals surface area contributed by atoms with Gasteiger partial charge >= 0.3 is 11.5 Å². The van der Waals surface area contributed by atoms with Crippen molar-refractivity contribution in [3.8, 4) is 5.69 Å². The van der Waals surface area contributed by atoms with Gasteiger partial charge in [-0.05, 0) is 48.2 Å². The normalized spacial score (nSPS) is 11.5. The van der Waals surface area contributed by atoms with E-state index in [-0.39, 0.29) is 27.2 Å². The average Bonchev–Trinajstić information content (AvgIpc) is 3.42. The number of H-pyrrole nitrogens is 1. The van der Waals surface area contributed by atoms with Gasteiger partial charge in [0.2, 0.25) is 0 Å². The van der Waals surface area contributed by atoms with Crippen molar-refractivity contribution in [2.45, 2.75) is 84.0 Å². The number of benzene rings is 4. The summed E-state index contributed by atoms with van der Waals surface area (Å²) in [6, 6.07) is 21.1. The van der Waals surface area contributed by atoms with Crippen LogP contribution < -0.4 is 10.9 Å². The maximum absolute atomic E-state index is 13.9. The molecule has 1 heterocycles. The number of carbonyl (C=O) groups excluding carboxylic acids is 1. The zero-order chi connectivity index (χ0) is 36.9. The van der Waals surface area contributed by atoms with Crippen LogP contribution in [0.4, 0.5) is 22.9 Å². The van der Waals surface area contributed by atoms with Crippen molar-refractivity contribution in [3.63, 3.8) is 0 Å². The van der Waals surface area contributed by atoms with Gasteiger partial charge < -0.3 is 10.1 Å². The van der Waals surface area contributed by atoms with Gasteiger partial charge in [0.25, 0.3) is 0 Å². The summed E-state index contributed by atoms with van der Waals surface area (Å²) < 4.78 is 6.74. The van der Waals surface area contributed by atoms with E-state index in [1.807, 2.05) is 36.4 Å². The van der Waals surface area contributed by atoms with E-state index >= 15 is 0 Å². The minimum atomic E-state index is -0.591. The van der Waals surface area contributed by atoms with Crippen molar-refractivity contribution in [1.29, 1.82) is 0 Å². The third-order valence-corrected chi connectivity index (χ3v) is 9.91. The number of nitrogens with one attached hydrogen (secondary N) is 2. The number of rotatable bonds is 19. The quantitative estimate of drug-likeness (QED) is 0.0495. The molecule has 0 fully saturated rings. The zero-order valence-electron chi connectivity index (χ0n) is 29.2. The van der Waals surface area contributed by atoms with Crippen LogP contribution in [0.15, 0.2) is 87.8 Å². The molecular weight excluding hydrogens is 740 g/mol. The van der Waals surface area contributed by atoms with Crippen molar-refractivity contribution >= 4 is 86.0 Å². The van der Waals surface area contributed by atoms with Crippen LogP contribution in [0.3, 0.4) is 0 Å². The Balaban J connectivity index is 1.28. The number of halogens is 4. The van der Waals surface area contributed by atoms with Crippen LogP contribution in [0.25, 0.3) is 16.5 Å². The number of aromatic nitrogens is 2. The van der Waals surface area contributed by atoms with E-state index in [0.29, 0.717) is 33.6 Å². The van der Waals surface area contributed by atoms with Gasteiger partial charge in [0.05, 0.1) is 38.6 Å². The first kappa shape index (κ1) is 39.4. The predicted molar refractivity (Wildman–Crippen MR) is 216 cm³/mol. The second-order valence-electron chi connectivity index (χ2n) is 12.7. The highest BCUT2D eigenvalue weighted by Crippen LogP contribution is 2.36. The van der Waals surface area contributed by atoms with Crippen LogP contribution in [0.5, 0.6) is 0 Å². The van der Waals surface area contributed by atoms with Crippen LogP contribution in [0, 0.1) is 0 Å². The molecule has 0 saturated heterocycles. The molecule has 0 aliphatic rings. The Morgan fingerprint density at radius 1 is 0.750 bits per heavy atom. The number of hydrogen-bond acceptors (Lipinski definition) is 6. The number of fused-ring (bicyclic) bond motifs is 1. The Labute approximate surface area is 324 Å². The van der Waals surface area contributed by atoms with Crippen molar-refractivity contribution in [2.24, 2.45) is 10.2 Å². The molecule has 0 unspecified atom stereocenters. The molecule has 0 radical (unpaired) electrons. The molecule has 52 heavy (non-hydrogen) atoms. The number of carbonyl (C=O) groups is 1. The van der Waals surface area contributed by atoms with Gasteiger partial charge in [-0.1, -0.05) is 160 Å². The fourth-order valence-corrected chi connectivity index (χ4v) is 7.14. The molecule has 0 atom stereocenters. The first-order valence-corrected chi connectivity index (χ1v) is 19.4. The molecular formula is C40H43Cl4N5O3. The van der Waals surface area contributed by atoms with Crippen LogP contribution in [-0.2, 0) is 4.74 Å². The smallest absolute Gasteiger partial charge is 0.338 e. The molecule has 0 bridgehead atoms. The lowest BCUT2D eigenvalue weighted by Gasteiger charge is -2.11. The van der Waals surface area contributed by atoms with Crippen LogP contribution in [0.2, 0.25) is 20.1 Å². The molecule has 8 nitrogen and oxygen atoms in total. The van der Waals surface area contributed by atoms with Crippen molar-refractivity contribution in [2.75, 3.05) is 11.9 Å². The van der Waals surface area contributed by atoms with Crippen molar-refractivity contribution < 1.29 is 9.53 Å². The summed E-state index contributed by atoms with van der Waals surface area (Å²) in [4.78, 5) is 26.9. The van der Waals surface area contributed by atoms with Gasteiger partial charge in [-0.25, -0.2) is 9.48 Å². The summed E-state index contributed by atoms with van der Waals surface area (Å²) in [6.45, 7) is 2.58. The molecule has 12 heteroatoms. The average molecular weight is 784 g/mol. The molecule has 0 aliphatic heterocycles. The Morgan fingerprint density at radius 3 is 2.08 bits per heavy atom. The van der Waals surface area contributed by atoms with Crippen LogP contribution >= 0.6 is 46.4 Å². The van der Waals surface area contributed by atoms with Gasteiger partial charge in [-0.2, -0.15) is 0 Å². The standard InChI is InChI=1S/C40H43Cl4N5O3/c1-2-3-4-5-6-7-8-9-10-11-12-15-23-52-40(51)28-21-22-31(42)35(24-28)45-38-36(47-46-34-20-16-18-27-17-13-14-19-30(27)34)39(50)49(48-38)37-32(43)25-29(41)26-33(37)44/h13-14,16-22,24-26,45,48H,2-12,15,23H2,1H3. The highest BCUT2D eigenvalue weighted by atomic mass is 35.5. The summed E-state index contributed by atoms with van der Waals surface area (Å²) in [5, 5.41) is 17.7. The fourth-order valence-electron chi connectivity index (χ4n) is 5.99. The molecule has 1 aromatic heterocycles. The van der Waals surface area contributed by atoms with Gasteiger partial charge in [-0.3, -0.25) is 9.89 Å². The lowest BCUT2D eigenvalue weighted by molar-refractivity contribution is 0.0497. The molecule has 2 N–H and O–H groups in total. The molecule has 274 valence electrons. The number of ether oxygens (including phenoxy) is 1. The number of nitrogens with zero attached hydrogens (tertiary/aromatic N) is 3. The van der Waals surface area contributed by atoms with Gasteiger partial charge in [0, 0.05) is 10.4 Å². The number of aromatic amines is 1. The topological polar surface area (TPSA) is 101 Å². The van der Waals surface area contributed by atoms with E-state index in [0.717, 1.165) is 34.7 Å². The van der Waals surface area contributed by atoms with E-state index in [4.69, 9.17) is 51.1 Å². The van der Waals surface area contributed by atoms with Crippen molar-refractivity contribution in [3.05, 3.63) is 109 Å². The largest absolute Gasteiger partial charge is 0.462 e. The highest BCUT2D eigenvalue weighted by Gasteiger charge is 2.21. The molecule has 5 aromatic rings. The summed E-state index contributed by atoms with van der Waals surface area (Å²) in [5.41, 5.74) is 0.709. The maximum atomic E-state index is 13.9. The zero-order valence-corrected chi connectivity index (χ0v) is 32.2.